The van der Waals surface area contributed by atoms with Gasteiger partial charge < -0.3 is 11.1 Å². The second-order valence-corrected chi connectivity index (χ2v) is 3.66. The molecule has 2 rings (SSSR count). The van der Waals surface area contributed by atoms with Gasteiger partial charge in [0.2, 0.25) is 0 Å². The highest BCUT2D eigenvalue weighted by molar-refractivity contribution is 5.49. The van der Waals surface area contributed by atoms with Crippen LogP contribution < -0.4 is 16.6 Å². The van der Waals surface area contributed by atoms with Crippen molar-refractivity contribution in [3.63, 3.8) is 0 Å². The van der Waals surface area contributed by atoms with Crippen molar-refractivity contribution in [2.75, 3.05) is 12.8 Å². The van der Waals surface area contributed by atoms with E-state index in [9.17, 15) is 4.79 Å². The predicted octanol–water partition coefficient (Wildman–Crippen LogP) is 0.557. The first-order valence-corrected chi connectivity index (χ1v) is 5.09. The number of nitrogen functional groups attached to an aromatic ring is 1. The first kappa shape index (κ1) is 10.6. The Morgan fingerprint density at radius 3 is 2.94 bits per heavy atom. The van der Waals surface area contributed by atoms with Gasteiger partial charge in [-0.2, -0.15) is 0 Å². The van der Waals surface area contributed by atoms with E-state index in [2.05, 4.69) is 10.3 Å². The maximum absolute atomic E-state index is 12.2. The number of nitrogens with zero attached hydrogens (tertiary/aromatic N) is 2. The molecular formula is C11H14N4O. The van der Waals surface area contributed by atoms with Crippen LogP contribution in [0.5, 0.6) is 0 Å². The molecule has 0 amide bonds. The Hall–Kier alpha value is -1.88. The van der Waals surface area contributed by atoms with Crippen LogP contribution in [-0.4, -0.2) is 16.4 Å². The van der Waals surface area contributed by atoms with Crippen molar-refractivity contribution in [2.45, 2.75) is 13.0 Å². The Bertz CT molecular complexity index is 576. The third-order valence-corrected chi connectivity index (χ3v) is 2.66. The molecule has 0 aliphatic heterocycles. The van der Waals surface area contributed by atoms with Crippen molar-refractivity contribution < 1.29 is 0 Å². The van der Waals surface area contributed by atoms with E-state index in [0.717, 1.165) is 0 Å². The number of aromatic nitrogens is 2. The Labute approximate surface area is 92.9 Å². The fourth-order valence-electron chi connectivity index (χ4n) is 1.67. The maximum Gasteiger partial charge on any atom is 0.264 e. The van der Waals surface area contributed by atoms with Crippen LogP contribution in [0.15, 0.2) is 29.2 Å². The average molecular weight is 218 g/mol. The summed E-state index contributed by atoms with van der Waals surface area (Å²) < 4.78 is 1.50. The minimum Gasteiger partial charge on any atom is -0.383 e. The molecule has 2 aromatic heterocycles. The first-order valence-electron chi connectivity index (χ1n) is 5.09. The molecule has 5 heteroatoms. The Kier molecular flexibility index (Phi) is 2.62. The van der Waals surface area contributed by atoms with Crippen LogP contribution in [0.3, 0.4) is 0 Å². The highest BCUT2D eigenvalue weighted by Gasteiger charge is 2.14. The maximum atomic E-state index is 12.2. The van der Waals surface area contributed by atoms with E-state index >= 15 is 0 Å². The van der Waals surface area contributed by atoms with Crippen molar-refractivity contribution in [1.29, 1.82) is 0 Å². The standard InChI is InChI=1S/C11H14N4O/c1-7(13-2)9-10(12)14-8-5-3-4-6-15(8)11(9)16/h3-7,13H,12H2,1-2H3. The van der Waals surface area contributed by atoms with Crippen LogP contribution in [0, 0.1) is 0 Å². The molecule has 1 unspecified atom stereocenters. The van der Waals surface area contributed by atoms with Gasteiger partial charge >= 0.3 is 0 Å². The summed E-state index contributed by atoms with van der Waals surface area (Å²) in [5, 5.41) is 2.99. The first-order chi connectivity index (χ1) is 7.65. The summed E-state index contributed by atoms with van der Waals surface area (Å²) in [5.74, 6) is 0.290. The summed E-state index contributed by atoms with van der Waals surface area (Å²) >= 11 is 0. The van der Waals surface area contributed by atoms with Gasteiger partial charge in [-0.15, -0.1) is 0 Å². The number of hydrogen-bond donors (Lipinski definition) is 2. The summed E-state index contributed by atoms with van der Waals surface area (Å²) in [7, 11) is 1.78. The molecule has 5 nitrogen and oxygen atoms in total. The number of nitrogens with two attached hydrogens (primary N) is 1. The van der Waals surface area contributed by atoms with Gasteiger partial charge in [-0.25, -0.2) is 4.98 Å². The van der Waals surface area contributed by atoms with E-state index in [4.69, 9.17) is 5.73 Å². The number of pyridine rings is 1. The molecule has 0 spiro atoms. The lowest BCUT2D eigenvalue weighted by Crippen LogP contribution is -2.28. The van der Waals surface area contributed by atoms with E-state index in [1.54, 1.807) is 25.4 Å². The molecule has 16 heavy (non-hydrogen) atoms. The fraction of sp³-hybridized carbons (Fsp3) is 0.273. The Morgan fingerprint density at radius 1 is 1.50 bits per heavy atom. The van der Waals surface area contributed by atoms with Crippen LogP contribution in [-0.2, 0) is 0 Å². The Balaban J connectivity index is 2.81. The predicted molar refractivity (Wildman–Crippen MR) is 63.3 cm³/mol. The zero-order chi connectivity index (χ0) is 11.7. The van der Waals surface area contributed by atoms with Crippen LogP contribution in [0.25, 0.3) is 5.65 Å². The summed E-state index contributed by atoms with van der Waals surface area (Å²) in [6, 6.07) is 5.26. The lowest BCUT2D eigenvalue weighted by atomic mass is 10.1. The summed E-state index contributed by atoms with van der Waals surface area (Å²) in [4.78, 5) is 16.4. The largest absolute Gasteiger partial charge is 0.383 e. The van der Waals surface area contributed by atoms with Gasteiger partial charge in [0.1, 0.15) is 11.5 Å². The van der Waals surface area contributed by atoms with Crippen molar-refractivity contribution in [3.05, 3.63) is 40.3 Å². The van der Waals surface area contributed by atoms with Gasteiger partial charge in [-0.05, 0) is 26.1 Å². The fourth-order valence-corrected chi connectivity index (χ4v) is 1.67. The molecule has 0 saturated heterocycles. The average Bonchev–Trinajstić information content (AvgIpc) is 2.28. The van der Waals surface area contributed by atoms with Crippen molar-refractivity contribution >= 4 is 11.5 Å². The van der Waals surface area contributed by atoms with Crippen molar-refractivity contribution in [3.8, 4) is 0 Å². The number of nitrogens with one attached hydrogen (secondary N) is 1. The van der Waals surface area contributed by atoms with Crippen LogP contribution in [0.2, 0.25) is 0 Å². The van der Waals surface area contributed by atoms with E-state index in [1.165, 1.54) is 4.40 Å². The molecule has 1 atom stereocenters. The number of fused-ring (bicyclic) bond motifs is 1. The third-order valence-electron chi connectivity index (χ3n) is 2.66. The minimum absolute atomic E-state index is 0.114. The molecule has 0 aliphatic rings. The van der Waals surface area contributed by atoms with Gasteiger partial charge in [0.05, 0.1) is 5.56 Å². The lowest BCUT2D eigenvalue weighted by Gasteiger charge is -2.12. The minimum atomic E-state index is -0.120. The van der Waals surface area contributed by atoms with Gasteiger partial charge in [0.15, 0.2) is 0 Å². The quantitative estimate of drug-likeness (QED) is 0.772. The molecule has 0 bridgehead atoms. The van der Waals surface area contributed by atoms with E-state index in [1.807, 2.05) is 13.0 Å². The molecule has 0 fully saturated rings. The molecule has 3 N–H and O–H groups in total. The smallest absolute Gasteiger partial charge is 0.264 e. The third kappa shape index (κ3) is 1.55. The summed E-state index contributed by atoms with van der Waals surface area (Å²) in [6.07, 6.45) is 1.69. The molecule has 0 aromatic carbocycles. The van der Waals surface area contributed by atoms with Crippen LogP contribution in [0.4, 0.5) is 5.82 Å². The molecule has 2 aromatic rings. The topological polar surface area (TPSA) is 72.4 Å². The molecule has 0 aliphatic carbocycles. The molecule has 0 radical (unpaired) electrons. The monoisotopic (exact) mass is 218 g/mol. The zero-order valence-electron chi connectivity index (χ0n) is 9.27. The highest BCUT2D eigenvalue weighted by atomic mass is 16.1. The summed E-state index contributed by atoms with van der Waals surface area (Å²) in [6.45, 7) is 1.88. The lowest BCUT2D eigenvalue weighted by molar-refractivity contribution is 0.641. The SMILES string of the molecule is CNC(C)c1c(N)nc2ccccn2c1=O. The van der Waals surface area contributed by atoms with E-state index in [0.29, 0.717) is 11.2 Å². The van der Waals surface area contributed by atoms with Gasteiger partial charge in [0.25, 0.3) is 5.56 Å². The van der Waals surface area contributed by atoms with Gasteiger partial charge in [0, 0.05) is 12.2 Å². The second kappa shape index (κ2) is 3.94. The number of anilines is 1. The number of rotatable bonds is 2. The van der Waals surface area contributed by atoms with Crippen molar-refractivity contribution in [2.24, 2.45) is 0 Å². The van der Waals surface area contributed by atoms with Gasteiger partial charge in [-0.1, -0.05) is 6.07 Å². The Morgan fingerprint density at radius 2 is 2.25 bits per heavy atom. The van der Waals surface area contributed by atoms with Crippen molar-refractivity contribution in [1.82, 2.24) is 14.7 Å². The molecule has 0 saturated carbocycles. The highest BCUT2D eigenvalue weighted by Crippen LogP contribution is 2.14. The van der Waals surface area contributed by atoms with Gasteiger partial charge in [-0.3, -0.25) is 9.20 Å². The molecule has 2 heterocycles. The number of hydrogen-bond acceptors (Lipinski definition) is 4. The van der Waals surface area contributed by atoms with Crippen LogP contribution in [0.1, 0.15) is 18.5 Å². The van der Waals surface area contributed by atoms with Crippen LogP contribution >= 0.6 is 0 Å². The molecule has 84 valence electrons. The second-order valence-electron chi connectivity index (χ2n) is 3.66. The normalized spacial score (nSPS) is 12.9. The van der Waals surface area contributed by atoms with E-state index in [-0.39, 0.29) is 17.4 Å². The molecular weight excluding hydrogens is 204 g/mol. The summed E-state index contributed by atoms with van der Waals surface area (Å²) in [5.41, 5.74) is 6.75. The zero-order valence-corrected chi connectivity index (χ0v) is 9.27. The van der Waals surface area contributed by atoms with E-state index < -0.39 is 0 Å².